The summed E-state index contributed by atoms with van der Waals surface area (Å²) in [5.74, 6) is -1.27. The molecule has 1 aliphatic rings. The lowest BCUT2D eigenvalue weighted by atomic mass is 10.2. The fraction of sp³-hybridized carbons (Fsp3) is 0.385. The van der Waals surface area contributed by atoms with E-state index in [4.69, 9.17) is 5.11 Å². The lowest BCUT2D eigenvalue weighted by molar-refractivity contribution is -0.141. The summed E-state index contributed by atoms with van der Waals surface area (Å²) in [6.07, 6.45) is 4.72. The van der Waals surface area contributed by atoms with Gasteiger partial charge in [-0.1, -0.05) is 0 Å². The Balaban J connectivity index is 1.83. The number of likely N-dealkylation sites (tertiary alicyclic amines) is 1. The van der Waals surface area contributed by atoms with Gasteiger partial charge in [0.15, 0.2) is 0 Å². The number of amides is 1. The average molecular weight is 306 g/mol. The van der Waals surface area contributed by atoms with E-state index in [0.29, 0.717) is 30.1 Å². The van der Waals surface area contributed by atoms with Crippen LogP contribution in [0.1, 0.15) is 23.3 Å². The van der Waals surface area contributed by atoms with Crippen molar-refractivity contribution in [1.29, 1.82) is 0 Å². The molecule has 3 heterocycles. The standard InChI is InChI=1S/C13H14N4O3S/c1-16-6-8(5-14-16)11-15-9(7-21-11)12(18)17-4-2-3-10(17)13(19)20/h5-7,10H,2-4H2,1H3,(H,19,20)/t10-/m1/s1. The summed E-state index contributed by atoms with van der Waals surface area (Å²) in [5.41, 5.74) is 1.14. The number of hydrogen-bond donors (Lipinski definition) is 1. The SMILES string of the molecule is Cn1cc(-c2nc(C(=O)N3CCC[C@@H]3C(=O)O)cs2)cn1. The van der Waals surface area contributed by atoms with Crippen molar-refractivity contribution in [3.8, 4) is 10.6 Å². The van der Waals surface area contributed by atoms with Crippen molar-refractivity contribution < 1.29 is 14.7 Å². The normalized spacial score (nSPS) is 18.1. The van der Waals surface area contributed by atoms with Crippen LogP contribution in [0, 0.1) is 0 Å². The van der Waals surface area contributed by atoms with E-state index in [1.807, 2.05) is 13.2 Å². The lowest BCUT2D eigenvalue weighted by Crippen LogP contribution is -2.40. The van der Waals surface area contributed by atoms with Gasteiger partial charge in [0.25, 0.3) is 5.91 Å². The number of aromatic nitrogens is 3. The van der Waals surface area contributed by atoms with Crippen molar-refractivity contribution in [2.45, 2.75) is 18.9 Å². The molecular weight excluding hydrogens is 292 g/mol. The van der Waals surface area contributed by atoms with Gasteiger partial charge in [-0.25, -0.2) is 9.78 Å². The molecule has 1 N–H and O–H groups in total. The van der Waals surface area contributed by atoms with Gasteiger partial charge in [0.2, 0.25) is 0 Å². The molecule has 21 heavy (non-hydrogen) atoms. The number of carbonyl (C=O) groups is 2. The summed E-state index contributed by atoms with van der Waals surface area (Å²) >= 11 is 1.35. The van der Waals surface area contributed by atoms with Crippen LogP contribution in [0.5, 0.6) is 0 Å². The average Bonchev–Trinajstić information content (AvgIpc) is 3.17. The van der Waals surface area contributed by atoms with E-state index in [2.05, 4.69) is 10.1 Å². The van der Waals surface area contributed by atoms with Crippen molar-refractivity contribution in [3.63, 3.8) is 0 Å². The van der Waals surface area contributed by atoms with Gasteiger partial charge < -0.3 is 10.0 Å². The Morgan fingerprint density at radius 3 is 2.95 bits per heavy atom. The number of carboxylic acids is 1. The van der Waals surface area contributed by atoms with Crippen LogP contribution in [-0.2, 0) is 11.8 Å². The van der Waals surface area contributed by atoms with Crippen molar-refractivity contribution in [1.82, 2.24) is 19.7 Å². The van der Waals surface area contributed by atoms with Crippen LogP contribution in [0.25, 0.3) is 10.6 Å². The Kier molecular flexibility index (Phi) is 3.46. The molecule has 110 valence electrons. The Hall–Kier alpha value is -2.22. The maximum absolute atomic E-state index is 12.4. The van der Waals surface area contributed by atoms with Gasteiger partial charge in [-0.05, 0) is 12.8 Å². The fourth-order valence-corrected chi connectivity index (χ4v) is 3.22. The molecule has 8 heteroatoms. The van der Waals surface area contributed by atoms with Gasteiger partial charge in [0.1, 0.15) is 16.7 Å². The predicted molar refractivity (Wildman–Crippen MR) is 76.0 cm³/mol. The van der Waals surface area contributed by atoms with E-state index in [0.717, 1.165) is 5.56 Å². The molecule has 0 unspecified atom stereocenters. The zero-order valence-corrected chi connectivity index (χ0v) is 12.2. The lowest BCUT2D eigenvalue weighted by Gasteiger charge is -2.20. The van der Waals surface area contributed by atoms with Crippen LogP contribution < -0.4 is 0 Å². The highest BCUT2D eigenvalue weighted by Crippen LogP contribution is 2.26. The molecule has 1 saturated heterocycles. The maximum Gasteiger partial charge on any atom is 0.326 e. The summed E-state index contributed by atoms with van der Waals surface area (Å²) in [4.78, 5) is 29.3. The molecule has 2 aromatic rings. The number of aryl methyl sites for hydroxylation is 1. The quantitative estimate of drug-likeness (QED) is 0.921. The highest BCUT2D eigenvalue weighted by molar-refractivity contribution is 7.13. The Morgan fingerprint density at radius 1 is 1.48 bits per heavy atom. The van der Waals surface area contributed by atoms with Gasteiger partial charge in [-0.2, -0.15) is 5.10 Å². The second-order valence-corrected chi connectivity index (χ2v) is 5.79. The van der Waals surface area contributed by atoms with E-state index in [1.165, 1.54) is 16.2 Å². The third-order valence-electron chi connectivity index (χ3n) is 3.47. The van der Waals surface area contributed by atoms with Crippen LogP contribution >= 0.6 is 11.3 Å². The zero-order chi connectivity index (χ0) is 15.0. The monoisotopic (exact) mass is 306 g/mol. The molecule has 0 aliphatic carbocycles. The Bertz CT molecular complexity index is 693. The summed E-state index contributed by atoms with van der Waals surface area (Å²) < 4.78 is 1.67. The van der Waals surface area contributed by atoms with E-state index >= 15 is 0 Å². The van der Waals surface area contributed by atoms with E-state index in [-0.39, 0.29) is 5.91 Å². The number of rotatable bonds is 3. The number of aliphatic carboxylic acids is 1. The molecule has 0 aromatic carbocycles. The Morgan fingerprint density at radius 2 is 2.29 bits per heavy atom. The predicted octanol–water partition coefficient (Wildman–Crippen LogP) is 1.23. The third kappa shape index (κ3) is 2.54. The fourth-order valence-electron chi connectivity index (χ4n) is 2.45. The highest BCUT2D eigenvalue weighted by atomic mass is 32.1. The number of thiazole rings is 1. The minimum absolute atomic E-state index is 0.298. The minimum Gasteiger partial charge on any atom is -0.480 e. The molecule has 0 spiro atoms. The first kappa shape index (κ1) is 13.7. The van der Waals surface area contributed by atoms with Crippen LogP contribution in [0.2, 0.25) is 0 Å². The van der Waals surface area contributed by atoms with Crippen LogP contribution in [-0.4, -0.2) is 49.2 Å². The molecular formula is C13H14N4O3S. The van der Waals surface area contributed by atoms with E-state index in [1.54, 1.807) is 16.3 Å². The van der Waals surface area contributed by atoms with Crippen molar-refractivity contribution in [2.24, 2.45) is 7.05 Å². The first-order chi connectivity index (χ1) is 10.1. The summed E-state index contributed by atoms with van der Waals surface area (Å²) in [7, 11) is 1.81. The smallest absolute Gasteiger partial charge is 0.326 e. The minimum atomic E-state index is -0.955. The van der Waals surface area contributed by atoms with E-state index in [9.17, 15) is 9.59 Å². The summed E-state index contributed by atoms with van der Waals surface area (Å²) in [6.45, 7) is 0.468. The molecule has 0 saturated carbocycles. The van der Waals surface area contributed by atoms with Crippen LogP contribution in [0.15, 0.2) is 17.8 Å². The third-order valence-corrected chi connectivity index (χ3v) is 4.37. The molecule has 3 rings (SSSR count). The van der Waals surface area contributed by atoms with Gasteiger partial charge in [-0.3, -0.25) is 9.48 Å². The van der Waals surface area contributed by atoms with Gasteiger partial charge in [-0.15, -0.1) is 11.3 Å². The second kappa shape index (κ2) is 5.28. The molecule has 0 bridgehead atoms. The molecule has 0 radical (unpaired) electrons. The molecule has 1 aliphatic heterocycles. The summed E-state index contributed by atoms with van der Waals surface area (Å²) in [6, 6.07) is -0.735. The largest absolute Gasteiger partial charge is 0.480 e. The number of carboxylic acid groups (broad SMARTS) is 1. The first-order valence-corrected chi connectivity index (χ1v) is 7.42. The van der Waals surface area contributed by atoms with Crippen molar-refractivity contribution >= 4 is 23.2 Å². The van der Waals surface area contributed by atoms with Gasteiger partial charge in [0.05, 0.1) is 6.20 Å². The molecule has 7 nitrogen and oxygen atoms in total. The van der Waals surface area contributed by atoms with E-state index < -0.39 is 12.0 Å². The maximum atomic E-state index is 12.4. The number of carbonyl (C=O) groups excluding carboxylic acids is 1. The molecule has 1 atom stereocenters. The number of hydrogen-bond acceptors (Lipinski definition) is 5. The number of nitrogens with zero attached hydrogens (tertiary/aromatic N) is 4. The second-order valence-electron chi connectivity index (χ2n) is 4.94. The summed E-state index contributed by atoms with van der Waals surface area (Å²) in [5, 5.41) is 15.6. The zero-order valence-electron chi connectivity index (χ0n) is 11.4. The molecule has 1 fully saturated rings. The van der Waals surface area contributed by atoms with Crippen molar-refractivity contribution in [2.75, 3.05) is 6.54 Å². The molecule has 1 amide bonds. The first-order valence-electron chi connectivity index (χ1n) is 6.54. The molecule has 2 aromatic heterocycles. The van der Waals surface area contributed by atoms with Crippen molar-refractivity contribution in [3.05, 3.63) is 23.5 Å². The highest BCUT2D eigenvalue weighted by Gasteiger charge is 2.35. The van der Waals surface area contributed by atoms with Gasteiger partial charge in [0, 0.05) is 30.7 Å². The topological polar surface area (TPSA) is 88.3 Å². The van der Waals surface area contributed by atoms with Crippen LogP contribution in [0.3, 0.4) is 0 Å². The Labute approximate surface area is 124 Å². The van der Waals surface area contributed by atoms with Gasteiger partial charge >= 0.3 is 5.97 Å². The van der Waals surface area contributed by atoms with Crippen LogP contribution in [0.4, 0.5) is 0 Å².